The Balaban J connectivity index is 2.02. The minimum absolute atomic E-state index is 0.525. The fourth-order valence-electron chi connectivity index (χ4n) is 2.33. The summed E-state index contributed by atoms with van der Waals surface area (Å²) in [7, 11) is 0. The van der Waals surface area contributed by atoms with Gasteiger partial charge >= 0.3 is 0 Å². The third kappa shape index (κ3) is 3.14. The second-order valence-corrected chi connectivity index (χ2v) is 5.31. The first-order chi connectivity index (χ1) is 8.19. The molecule has 0 bridgehead atoms. The van der Waals surface area contributed by atoms with E-state index in [-0.39, 0.29) is 0 Å². The van der Waals surface area contributed by atoms with Gasteiger partial charge in [-0.1, -0.05) is 18.5 Å². The van der Waals surface area contributed by atoms with E-state index in [1.54, 1.807) is 12.1 Å². The van der Waals surface area contributed by atoms with Crippen LogP contribution in [0.5, 0.6) is 0 Å². The third-order valence-corrected chi connectivity index (χ3v) is 3.79. The lowest BCUT2D eigenvalue weighted by atomic mass is 9.87. The van der Waals surface area contributed by atoms with Crippen LogP contribution in [-0.2, 0) is 0 Å². The first kappa shape index (κ1) is 12.3. The van der Waals surface area contributed by atoms with E-state index in [1.165, 1.54) is 25.7 Å². The van der Waals surface area contributed by atoms with Crippen molar-refractivity contribution in [3.05, 3.63) is 28.8 Å². The van der Waals surface area contributed by atoms with Gasteiger partial charge in [-0.15, -0.1) is 0 Å². The summed E-state index contributed by atoms with van der Waals surface area (Å²) >= 11 is 6.14. The predicted molar refractivity (Wildman–Crippen MR) is 71.2 cm³/mol. The summed E-state index contributed by atoms with van der Waals surface area (Å²) < 4.78 is 0. The maximum atomic E-state index is 8.77. The Hall–Kier alpha value is -1.20. The fraction of sp³-hybridized carbons (Fsp3) is 0.500. The molecule has 0 atom stereocenters. The lowest BCUT2D eigenvalue weighted by Gasteiger charge is -2.28. The fourth-order valence-corrected chi connectivity index (χ4v) is 2.56. The molecule has 1 aliphatic carbocycles. The Labute approximate surface area is 108 Å². The van der Waals surface area contributed by atoms with E-state index < -0.39 is 0 Å². The average Bonchev–Trinajstić information content (AvgIpc) is 2.34. The zero-order valence-electron chi connectivity index (χ0n) is 10.0. The van der Waals surface area contributed by atoms with Crippen LogP contribution >= 0.6 is 11.6 Å². The van der Waals surface area contributed by atoms with Crippen LogP contribution in [0.1, 0.15) is 38.2 Å². The molecule has 2 nitrogen and oxygen atoms in total. The van der Waals surface area contributed by atoms with Gasteiger partial charge in [-0.25, -0.2) is 0 Å². The van der Waals surface area contributed by atoms with Crippen molar-refractivity contribution in [2.75, 3.05) is 5.32 Å². The normalized spacial score (nSPS) is 24.1. The van der Waals surface area contributed by atoms with Gasteiger partial charge in [-0.2, -0.15) is 5.26 Å². The van der Waals surface area contributed by atoms with Gasteiger partial charge < -0.3 is 5.32 Å². The van der Waals surface area contributed by atoms with Crippen molar-refractivity contribution < 1.29 is 0 Å². The van der Waals surface area contributed by atoms with Crippen LogP contribution in [0.25, 0.3) is 0 Å². The molecule has 0 spiro atoms. The minimum Gasteiger partial charge on any atom is -0.381 e. The largest absolute Gasteiger partial charge is 0.381 e. The second kappa shape index (κ2) is 5.42. The molecule has 1 fully saturated rings. The van der Waals surface area contributed by atoms with Crippen molar-refractivity contribution in [1.82, 2.24) is 0 Å². The van der Waals surface area contributed by atoms with E-state index in [0.717, 1.165) is 11.6 Å². The molecule has 1 aliphatic rings. The van der Waals surface area contributed by atoms with Crippen molar-refractivity contribution in [1.29, 1.82) is 5.26 Å². The summed E-state index contributed by atoms with van der Waals surface area (Å²) in [6.07, 6.45) is 4.98. The Kier molecular flexibility index (Phi) is 3.91. The number of benzene rings is 1. The van der Waals surface area contributed by atoms with Gasteiger partial charge in [-0.3, -0.25) is 0 Å². The Bertz CT molecular complexity index is 428. The third-order valence-electron chi connectivity index (χ3n) is 3.47. The predicted octanol–water partition coefficient (Wildman–Crippen LogP) is 4.20. The van der Waals surface area contributed by atoms with Crippen LogP contribution < -0.4 is 5.32 Å². The second-order valence-electron chi connectivity index (χ2n) is 4.91. The van der Waals surface area contributed by atoms with E-state index in [9.17, 15) is 0 Å². The van der Waals surface area contributed by atoms with Crippen molar-refractivity contribution in [2.45, 2.75) is 38.6 Å². The molecule has 1 aromatic carbocycles. The highest BCUT2D eigenvalue weighted by Crippen LogP contribution is 2.29. The molecule has 17 heavy (non-hydrogen) atoms. The summed E-state index contributed by atoms with van der Waals surface area (Å²) in [6, 6.07) is 8.04. The van der Waals surface area contributed by atoms with Gasteiger partial charge in [0.25, 0.3) is 0 Å². The highest BCUT2D eigenvalue weighted by molar-refractivity contribution is 6.33. The number of rotatable bonds is 2. The molecule has 0 amide bonds. The molecule has 1 N–H and O–H groups in total. The summed E-state index contributed by atoms with van der Waals surface area (Å²) in [4.78, 5) is 0. The number of hydrogen-bond donors (Lipinski definition) is 1. The van der Waals surface area contributed by atoms with Crippen LogP contribution in [0, 0.1) is 17.2 Å². The smallest absolute Gasteiger partial charge is 0.0992 e. The number of nitrogens with one attached hydrogen (secondary N) is 1. The highest BCUT2D eigenvalue weighted by Gasteiger charge is 2.18. The lowest BCUT2D eigenvalue weighted by Crippen LogP contribution is -2.25. The summed E-state index contributed by atoms with van der Waals surface area (Å²) in [6.45, 7) is 2.31. The SMILES string of the molecule is CC1CCC(Nc2ccc(C#N)cc2Cl)CC1. The Morgan fingerprint density at radius 1 is 1.29 bits per heavy atom. The van der Waals surface area contributed by atoms with Crippen molar-refractivity contribution in [2.24, 2.45) is 5.92 Å². The highest BCUT2D eigenvalue weighted by atomic mass is 35.5. The van der Waals surface area contributed by atoms with E-state index in [2.05, 4.69) is 18.3 Å². The van der Waals surface area contributed by atoms with Crippen molar-refractivity contribution in [3.8, 4) is 6.07 Å². The molecular formula is C14H17ClN2. The first-order valence-corrected chi connectivity index (χ1v) is 6.53. The van der Waals surface area contributed by atoms with E-state index >= 15 is 0 Å². The minimum atomic E-state index is 0.525. The molecular weight excluding hydrogens is 232 g/mol. The Morgan fingerprint density at radius 3 is 2.59 bits per heavy atom. The maximum absolute atomic E-state index is 8.77. The van der Waals surface area contributed by atoms with E-state index in [4.69, 9.17) is 16.9 Å². The topological polar surface area (TPSA) is 35.8 Å². The molecule has 0 aliphatic heterocycles. The number of hydrogen-bond acceptors (Lipinski definition) is 2. The molecule has 90 valence electrons. The molecule has 0 heterocycles. The first-order valence-electron chi connectivity index (χ1n) is 6.15. The van der Waals surface area contributed by atoms with Crippen LogP contribution in [-0.4, -0.2) is 6.04 Å². The van der Waals surface area contributed by atoms with E-state index in [1.807, 2.05) is 6.07 Å². The zero-order chi connectivity index (χ0) is 12.3. The maximum Gasteiger partial charge on any atom is 0.0992 e. The number of anilines is 1. The van der Waals surface area contributed by atoms with Crippen LogP contribution in [0.2, 0.25) is 5.02 Å². The molecule has 0 aromatic heterocycles. The van der Waals surface area contributed by atoms with Gasteiger partial charge in [0.05, 0.1) is 22.3 Å². The molecule has 2 rings (SSSR count). The number of nitriles is 1. The quantitative estimate of drug-likeness (QED) is 0.851. The molecule has 1 saturated carbocycles. The number of nitrogens with zero attached hydrogens (tertiary/aromatic N) is 1. The molecule has 3 heteroatoms. The van der Waals surface area contributed by atoms with Crippen molar-refractivity contribution in [3.63, 3.8) is 0 Å². The molecule has 1 aromatic rings. The van der Waals surface area contributed by atoms with Crippen molar-refractivity contribution >= 4 is 17.3 Å². The Morgan fingerprint density at radius 2 is 2.00 bits per heavy atom. The summed E-state index contributed by atoms with van der Waals surface area (Å²) in [5.74, 6) is 0.851. The summed E-state index contributed by atoms with van der Waals surface area (Å²) in [5, 5.41) is 12.9. The van der Waals surface area contributed by atoms with Gasteiger partial charge in [-0.05, 0) is 49.8 Å². The van der Waals surface area contributed by atoms with Crippen LogP contribution in [0.3, 0.4) is 0 Å². The van der Waals surface area contributed by atoms with Gasteiger partial charge in [0.15, 0.2) is 0 Å². The van der Waals surface area contributed by atoms with Gasteiger partial charge in [0.2, 0.25) is 0 Å². The van der Waals surface area contributed by atoms with Crippen LogP contribution in [0.15, 0.2) is 18.2 Å². The van der Waals surface area contributed by atoms with Crippen LogP contribution in [0.4, 0.5) is 5.69 Å². The molecule has 0 unspecified atom stereocenters. The summed E-state index contributed by atoms with van der Waals surface area (Å²) in [5.41, 5.74) is 1.56. The number of halogens is 1. The lowest BCUT2D eigenvalue weighted by molar-refractivity contribution is 0.361. The van der Waals surface area contributed by atoms with Gasteiger partial charge in [0.1, 0.15) is 0 Å². The average molecular weight is 249 g/mol. The zero-order valence-corrected chi connectivity index (χ0v) is 10.8. The van der Waals surface area contributed by atoms with Gasteiger partial charge in [0, 0.05) is 6.04 Å². The molecule has 0 radical (unpaired) electrons. The van der Waals surface area contributed by atoms with E-state index in [0.29, 0.717) is 16.6 Å². The molecule has 0 saturated heterocycles. The monoisotopic (exact) mass is 248 g/mol. The standard InChI is InChI=1S/C14H17ClN2/c1-10-2-5-12(6-3-10)17-14-7-4-11(9-16)8-13(14)15/h4,7-8,10,12,17H,2-3,5-6H2,1H3.